The molecule has 102 valence electrons. The van der Waals surface area contributed by atoms with Crippen molar-refractivity contribution in [1.82, 2.24) is 0 Å². The molecule has 1 rings (SSSR count). The van der Waals surface area contributed by atoms with Crippen LogP contribution >= 0.6 is 0 Å². The largest absolute Gasteiger partial charge is 0.534 e. The lowest BCUT2D eigenvalue weighted by molar-refractivity contribution is -0.107. The van der Waals surface area contributed by atoms with Gasteiger partial charge in [-0.25, -0.2) is 0 Å². The lowest BCUT2D eigenvalue weighted by Crippen LogP contribution is -2.27. The molecule has 0 aliphatic carbocycles. The smallest absolute Gasteiger partial charge is 0.376 e. The molecule has 4 nitrogen and oxygen atoms in total. The molecule has 0 atom stereocenters. The van der Waals surface area contributed by atoms with E-state index in [1.54, 1.807) is 0 Å². The van der Waals surface area contributed by atoms with Crippen molar-refractivity contribution in [2.24, 2.45) is 0 Å². The lowest BCUT2D eigenvalue weighted by atomic mass is 10.3. The molecule has 0 N–H and O–H groups in total. The van der Waals surface area contributed by atoms with Crippen molar-refractivity contribution in [1.29, 1.82) is 0 Å². The van der Waals surface area contributed by atoms with Crippen molar-refractivity contribution in [2.45, 2.75) is 18.9 Å². The number of hydrogen-bond donors (Lipinski definition) is 0. The van der Waals surface area contributed by atoms with Crippen molar-refractivity contribution >= 4 is 16.4 Å². The molecular weight excluding hydrogens is 273 g/mol. The van der Waals surface area contributed by atoms with E-state index in [1.165, 1.54) is 18.2 Å². The van der Waals surface area contributed by atoms with E-state index in [-0.39, 0.29) is 5.75 Å². The fraction of sp³-hybridized carbons (Fsp3) is 0.300. The van der Waals surface area contributed by atoms with Crippen LogP contribution in [0, 0.1) is 0 Å². The number of benzene rings is 1. The second-order valence-corrected chi connectivity index (χ2v) is 4.41. The van der Waals surface area contributed by atoms with E-state index < -0.39 is 15.6 Å². The average Bonchev–Trinajstić information content (AvgIpc) is 2.28. The number of carbonyl (C=O) groups is 1. The molecular formula is C10H11F3O4S. The van der Waals surface area contributed by atoms with E-state index in [0.29, 0.717) is 6.42 Å². The minimum absolute atomic E-state index is 0.371. The van der Waals surface area contributed by atoms with Gasteiger partial charge in [0, 0.05) is 6.42 Å². The highest BCUT2D eigenvalue weighted by Gasteiger charge is 2.48. The van der Waals surface area contributed by atoms with Crippen LogP contribution in [-0.2, 0) is 14.9 Å². The molecule has 0 amide bonds. The van der Waals surface area contributed by atoms with Gasteiger partial charge in [-0.05, 0) is 12.1 Å². The zero-order valence-electron chi connectivity index (χ0n) is 9.35. The average molecular weight is 284 g/mol. The van der Waals surface area contributed by atoms with Crippen molar-refractivity contribution in [3.63, 3.8) is 0 Å². The first-order chi connectivity index (χ1) is 8.24. The summed E-state index contributed by atoms with van der Waals surface area (Å²) in [6.45, 7) is 1.81. The number of hydrogen-bond acceptors (Lipinski definition) is 4. The monoisotopic (exact) mass is 284 g/mol. The molecule has 0 bridgehead atoms. The highest BCUT2D eigenvalue weighted by molar-refractivity contribution is 7.87. The number of halogens is 3. The Morgan fingerprint density at radius 2 is 1.67 bits per heavy atom. The topological polar surface area (TPSA) is 60.4 Å². The maximum Gasteiger partial charge on any atom is 0.534 e. The number of alkyl halides is 3. The Balaban J connectivity index is 0.000000631. The van der Waals surface area contributed by atoms with Gasteiger partial charge in [0.05, 0.1) is 0 Å². The molecule has 0 fully saturated rings. The first kappa shape index (κ1) is 16.4. The summed E-state index contributed by atoms with van der Waals surface area (Å²) in [6.07, 6.45) is 1.51. The van der Waals surface area contributed by atoms with Gasteiger partial charge in [-0.3, -0.25) is 0 Å². The lowest BCUT2D eigenvalue weighted by Gasteiger charge is -2.08. The molecule has 1 aromatic rings. The number of carbonyl (C=O) groups excluding carboxylic acids is 1. The summed E-state index contributed by atoms with van der Waals surface area (Å²) in [7, 11) is -5.55. The van der Waals surface area contributed by atoms with Crippen molar-refractivity contribution < 1.29 is 30.6 Å². The first-order valence-electron chi connectivity index (χ1n) is 4.74. The van der Waals surface area contributed by atoms with Crippen LogP contribution in [0.3, 0.4) is 0 Å². The van der Waals surface area contributed by atoms with Crippen LogP contribution in [0.4, 0.5) is 13.2 Å². The summed E-state index contributed by atoms with van der Waals surface area (Å²) >= 11 is 0. The normalized spacial score (nSPS) is 11.1. The fourth-order valence-electron chi connectivity index (χ4n) is 0.650. The summed E-state index contributed by atoms with van der Waals surface area (Å²) in [6, 6.07) is 6.47. The Bertz CT molecular complexity index is 454. The molecule has 18 heavy (non-hydrogen) atoms. The van der Waals surface area contributed by atoms with Gasteiger partial charge in [-0.2, -0.15) is 21.6 Å². The number of aldehydes is 1. The van der Waals surface area contributed by atoms with E-state index in [1.807, 2.05) is 6.92 Å². The highest BCUT2D eigenvalue weighted by atomic mass is 32.2. The summed E-state index contributed by atoms with van der Waals surface area (Å²) < 4.78 is 60.2. The van der Waals surface area contributed by atoms with E-state index in [0.717, 1.165) is 18.4 Å². The van der Waals surface area contributed by atoms with Crippen LogP contribution in [0.25, 0.3) is 0 Å². The van der Waals surface area contributed by atoms with Crippen LogP contribution in [0.2, 0.25) is 0 Å². The Kier molecular flexibility index (Phi) is 6.39. The predicted octanol–water partition coefficient (Wildman–Crippen LogP) is 2.51. The molecule has 0 aromatic heterocycles. The second kappa shape index (κ2) is 7.00. The molecule has 0 aliphatic heterocycles. The van der Waals surface area contributed by atoms with Gasteiger partial charge in [0.1, 0.15) is 12.0 Å². The molecule has 0 saturated heterocycles. The molecule has 0 saturated carbocycles. The SMILES string of the molecule is CCC=O.O=S(=O)(Oc1ccccc1)C(F)(F)F. The van der Waals surface area contributed by atoms with Crippen molar-refractivity contribution in [3.05, 3.63) is 30.3 Å². The van der Waals surface area contributed by atoms with Crippen LogP contribution in [0.15, 0.2) is 30.3 Å². The third kappa shape index (κ3) is 5.67. The van der Waals surface area contributed by atoms with E-state index in [9.17, 15) is 26.4 Å². The van der Waals surface area contributed by atoms with Gasteiger partial charge in [0.2, 0.25) is 0 Å². The second-order valence-electron chi connectivity index (χ2n) is 2.87. The predicted molar refractivity (Wildman–Crippen MR) is 58.4 cm³/mol. The molecule has 0 heterocycles. The van der Waals surface area contributed by atoms with Gasteiger partial charge < -0.3 is 8.98 Å². The third-order valence-electron chi connectivity index (χ3n) is 1.40. The van der Waals surface area contributed by atoms with Crippen LogP contribution in [-0.4, -0.2) is 20.2 Å². The minimum atomic E-state index is -5.55. The van der Waals surface area contributed by atoms with Gasteiger partial charge in [0.25, 0.3) is 0 Å². The Morgan fingerprint density at radius 1 is 1.22 bits per heavy atom. The van der Waals surface area contributed by atoms with Crippen molar-refractivity contribution in [2.75, 3.05) is 0 Å². The molecule has 0 aliphatic rings. The fourth-order valence-corrected chi connectivity index (χ4v) is 1.11. The third-order valence-corrected chi connectivity index (χ3v) is 2.38. The standard InChI is InChI=1S/C7H5F3O3S.C3H6O/c8-7(9,10)14(11,12)13-6-4-2-1-3-5-6;1-2-3-4/h1-5H;3H,2H2,1H3. The van der Waals surface area contributed by atoms with Gasteiger partial charge in [-0.15, -0.1) is 0 Å². The number of para-hydroxylation sites is 1. The van der Waals surface area contributed by atoms with E-state index in [2.05, 4.69) is 4.18 Å². The van der Waals surface area contributed by atoms with Crippen LogP contribution in [0.5, 0.6) is 5.75 Å². The Hall–Kier alpha value is -1.57. The Morgan fingerprint density at radius 3 is 2.00 bits per heavy atom. The van der Waals surface area contributed by atoms with Gasteiger partial charge in [-0.1, -0.05) is 25.1 Å². The minimum Gasteiger partial charge on any atom is -0.376 e. The molecule has 0 radical (unpaired) electrons. The summed E-state index contributed by atoms with van der Waals surface area (Å²) in [4.78, 5) is 9.17. The Labute approximate surface area is 103 Å². The summed E-state index contributed by atoms with van der Waals surface area (Å²) in [5, 5.41) is 0. The first-order valence-corrected chi connectivity index (χ1v) is 6.15. The zero-order valence-corrected chi connectivity index (χ0v) is 10.2. The van der Waals surface area contributed by atoms with Crippen molar-refractivity contribution in [3.8, 4) is 5.75 Å². The highest BCUT2D eigenvalue weighted by Crippen LogP contribution is 2.26. The number of rotatable bonds is 3. The van der Waals surface area contributed by atoms with E-state index >= 15 is 0 Å². The molecule has 8 heteroatoms. The van der Waals surface area contributed by atoms with Crippen LogP contribution < -0.4 is 4.18 Å². The van der Waals surface area contributed by atoms with E-state index in [4.69, 9.17) is 0 Å². The maximum absolute atomic E-state index is 11.8. The summed E-state index contributed by atoms with van der Waals surface area (Å²) in [5.74, 6) is -0.371. The van der Waals surface area contributed by atoms with Gasteiger partial charge in [0.15, 0.2) is 0 Å². The van der Waals surface area contributed by atoms with Crippen LogP contribution in [0.1, 0.15) is 13.3 Å². The van der Waals surface area contributed by atoms with Gasteiger partial charge >= 0.3 is 15.6 Å². The molecule has 1 aromatic carbocycles. The quantitative estimate of drug-likeness (QED) is 0.486. The maximum atomic E-state index is 11.8. The summed E-state index contributed by atoms with van der Waals surface area (Å²) in [5.41, 5.74) is -5.40. The molecule has 0 spiro atoms. The molecule has 0 unspecified atom stereocenters. The zero-order chi connectivity index (χ0) is 14.2.